The zero-order chi connectivity index (χ0) is 11.4. The zero-order valence-corrected chi connectivity index (χ0v) is 10.5. The smallest absolute Gasteiger partial charge is 0.0593 e. The van der Waals surface area contributed by atoms with Crippen LogP contribution >= 0.6 is 0 Å². The van der Waals surface area contributed by atoms with Crippen LogP contribution in [0.5, 0.6) is 0 Å². The number of likely N-dealkylation sites (N-methyl/N-ethyl adjacent to an activating group) is 1. The van der Waals surface area contributed by atoms with Gasteiger partial charge < -0.3 is 10.5 Å². The molecule has 0 aromatic carbocycles. The second-order valence-electron chi connectivity index (χ2n) is 5.51. The van der Waals surface area contributed by atoms with E-state index < -0.39 is 0 Å². The molecule has 2 aliphatic rings. The summed E-state index contributed by atoms with van der Waals surface area (Å²) >= 11 is 0. The minimum Gasteiger partial charge on any atom is -0.380 e. The maximum absolute atomic E-state index is 6.16. The van der Waals surface area contributed by atoms with Gasteiger partial charge in [0.15, 0.2) is 0 Å². The van der Waals surface area contributed by atoms with E-state index in [4.69, 9.17) is 10.5 Å². The molecule has 0 heterocycles. The van der Waals surface area contributed by atoms with Gasteiger partial charge in [-0.25, -0.2) is 0 Å². The summed E-state index contributed by atoms with van der Waals surface area (Å²) in [5.74, 6) is 0.877. The molecule has 0 bridgehead atoms. The van der Waals surface area contributed by atoms with Gasteiger partial charge in [0, 0.05) is 25.2 Å². The lowest BCUT2D eigenvalue weighted by Gasteiger charge is -2.35. The molecule has 16 heavy (non-hydrogen) atoms. The molecule has 0 aromatic rings. The third-order valence-corrected chi connectivity index (χ3v) is 3.99. The quantitative estimate of drug-likeness (QED) is 0.699. The fourth-order valence-corrected chi connectivity index (χ4v) is 2.60. The van der Waals surface area contributed by atoms with Gasteiger partial charge in [-0.05, 0) is 38.6 Å². The minimum atomic E-state index is 0.377. The summed E-state index contributed by atoms with van der Waals surface area (Å²) in [7, 11) is 2.19. The number of nitrogens with zero attached hydrogens (tertiary/aromatic N) is 1. The van der Waals surface area contributed by atoms with Gasteiger partial charge >= 0.3 is 0 Å². The molecule has 94 valence electrons. The van der Waals surface area contributed by atoms with Crippen molar-refractivity contribution in [3.8, 4) is 0 Å². The van der Waals surface area contributed by atoms with Crippen molar-refractivity contribution in [2.75, 3.05) is 26.8 Å². The van der Waals surface area contributed by atoms with Crippen LogP contribution < -0.4 is 5.73 Å². The Hall–Kier alpha value is -0.120. The maximum Gasteiger partial charge on any atom is 0.0593 e. The van der Waals surface area contributed by atoms with E-state index in [2.05, 4.69) is 11.9 Å². The lowest BCUT2D eigenvalue weighted by atomic mass is 9.90. The van der Waals surface area contributed by atoms with Crippen LogP contribution in [0.2, 0.25) is 0 Å². The highest BCUT2D eigenvalue weighted by Gasteiger charge is 2.25. The Bertz CT molecular complexity index is 206. The summed E-state index contributed by atoms with van der Waals surface area (Å²) in [4.78, 5) is 2.40. The summed E-state index contributed by atoms with van der Waals surface area (Å²) in [6, 6.07) is 0.959. The van der Waals surface area contributed by atoms with Gasteiger partial charge in [0.2, 0.25) is 0 Å². The third-order valence-electron chi connectivity index (χ3n) is 3.99. The molecule has 3 nitrogen and oxygen atoms in total. The van der Waals surface area contributed by atoms with Crippen LogP contribution in [-0.2, 0) is 4.74 Å². The summed E-state index contributed by atoms with van der Waals surface area (Å²) in [6.45, 7) is 2.88. The van der Waals surface area contributed by atoms with Gasteiger partial charge in [-0.15, -0.1) is 0 Å². The molecule has 0 spiro atoms. The Labute approximate surface area is 99.3 Å². The van der Waals surface area contributed by atoms with Gasteiger partial charge in [-0.2, -0.15) is 0 Å². The molecular weight excluding hydrogens is 200 g/mol. The van der Waals surface area contributed by atoms with E-state index in [0.29, 0.717) is 12.1 Å². The van der Waals surface area contributed by atoms with E-state index >= 15 is 0 Å². The van der Waals surface area contributed by atoms with Crippen molar-refractivity contribution in [2.45, 2.75) is 50.6 Å². The minimum absolute atomic E-state index is 0.377. The van der Waals surface area contributed by atoms with Gasteiger partial charge in [0.05, 0.1) is 6.61 Å². The van der Waals surface area contributed by atoms with Crippen LogP contribution in [0.25, 0.3) is 0 Å². The monoisotopic (exact) mass is 226 g/mol. The van der Waals surface area contributed by atoms with E-state index in [1.165, 1.54) is 38.5 Å². The topological polar surface area (TPSA) is 38.5 Å². The Balaban J connectivity index is 1.59. The van der Waals surface area contributed by atoms with Crippen LogP contribution in [0, 0.1) is 5.92 Å². The van der Waals surface area contributed by atoms with Crippen molar-refractivity contribution in [1.29, 1.82) is 0 Å². The van der Waals surface area contributed by atoms with E-state index in [1.807, 2.05) is 0 Å². The standard InChI is InChI=1S/C13H26N2O/c1-15(8-9-16-10-11-6-7-11)13-5-3-2-4-12(13)14/h11-13H,2-10,14H2,1H3. The number of hydrogen-bond acceptors (Lipinski definition) is 3. The third kappa shape index (κ3) is 3.72. The zero-order valence-electron chi connectivity index (χ0n) is 10.5. The first kappa shape index (κ1) is 12.3. The van der Waals surface area contributed by atoms with Gasteiger partial charge in [0.25, 0.3) is 0 Å². The van der Waals surface area contributed by atoms with E-state index in [-0.39, 0.29) is 0 Å². The van der Waals surface area contributed by atoms with Crippen molar-refractivity contribution in [3.05, 3.63) is 0 Å². The number of rotatable bonds is 6. The SMILES string of the molecule is CN(CCOCC1CC1)C1CCCCC1N. The van der Waals surface area contributed by atoms with Crippen molar-refractivity contribution in [2.24, 2.45) is 11.7 Å². The van der Waals surface area contributed by atoms with Crippen molar-refractivity contribution in [1.82, 2.24) is 4.90 Å². The Morgan fingerprint density at radius 2 is 1.94 bits per heavy atom. The molecule has 2 saturated carbocycles. The Morgan fingerprint density at radius 3 is 2.62 bits per heavy atom. The lowest BCUT2D eigenvalue weighted by Crippen LogP contribution is -2.48. The molecule has 0 saturated heterocycles. The van der Waals surface area contributed by atoms with Gasteiger partial charge in [-0.3, -0.25) is 4.90 Å². The molecule has 2 unspecified atom stereocenters. The molecular formula is C13H26N2O. The van der Waals surface area contributed by atoms with E-state index in [0.717, 1.165) is 25.7 Å². The number of nitrogens with two attached hydrogens (primary N) is 1. The van der Waals surface area contributed by atoms with Crippen LogP contribution in [0.4, 0.5) is 0 Å². The molecule has 2 fully saturated rings. The fourth-order valence-electron chi connectivity index (χ4n) is 2.60. The molecule has 0 aromatic heterocycles. The maximum atomic E-state index is 6.16. The normalized spacial score (nSPS) is 30.9. The highest BCUT2D eigenvalue weighted by Crippen LogP contribution is 2.28. The Kier molecular flexibility index (Phi) is 4.62. The first-order valence-corrected chi connectivity index (χ1v) is 6.81. The summed E-state index contributed by atoms with van der Waals surface area (Å²) in [5, 5.41) is 0. The van der Waals surface area contributed by atoms with Crippen LogP contribution in [0.1, 0.15) is 38.5 Å². The van der Waals surface area contributed by atoms with Crippen LogP contribution in [-0.4, -0.2) is 43.8 Å². The first-order chi connectivity index (χ1) is 7.77. The predicted octanol–water partition coefficient (Wildman–Crippen LogP) is 1.61. The molecule has 0 aliphatic heterocycles. The van der Waals surface area contributed by atoms with Crippen LogP contribution in [0.3, 0.4) is 0 Å². The molecule has 2 aliphatic carbocycles. The van der Waals surface area contributed by atoms with Gasteiger partial charge in [0.1, 0.15) is 0 Å². The molecule has 3 heteroatoms. The average Bonchev–Trinajstić information content (AvgIpc) is 3.08. The predicted molar refractivity (Wildman–Crippen MR) is 66.4 cm³/mol. The van der Waals surface area contributed by atoms with Crippen molar-refractivity contribution < 1.29 is 4.74 Å². The fraction of sp³-hybridized carbons (Fsp3) is 1.00. The Morgan fingerprint density at radius 1 is 1.19 bits per heavy atom. The highest BCUT2D eigenvalue weighted by atomic mass is 16.5. The molecule has 0 radical (unpaired) electrons. The van der Waals surface area contributed by atoms with Crippen molar-refractivity contribution >= 4 is 0 Å². The number of ether oxygens (including phenoxy) is 1. The largest absolute Gasteiger partial charge is 0.380 e. The second kappa shape index (κ2) is 5.99. The van der Waals surface area contributed by atoms with Crippen LogP contribution in [0.15, 0.2) is 0 Å². The average molecular weight is 226 g/mol. The van der Waals surface area contributed by atoms with E-state index in [1.54, 1.807) is 0 Å². The van der Waals surface area contributed by atoms with E-state index in [9.17, 15) is 0 Å². The second-order valence-corrected chi connectivity index (χ2v) is 5.51. The van der Waals surface area contributed by atoms with Crippen molar-refractivity contribution in [3.63, 3.8) is 0 Å². The van der Waals surface area contributed by atoms with Gasteiger partial charge in [-0.1, -0.05) is 12.8 Å². The summed E-state index contributed by atoms with van der Waals surface area (Å²) in [6.07, 6.45) is 7.86. The number of hydrogen-bond donors (Lipinski definition) is 1. The molecule has 2 N–H and O–H groups in total. The molecule has 2 atom stereocenters. The summed E-state index contributed by atoms with van der Waals surface area (Å²) in [5.41, 5.74) is 6.16. The highest BCUT2D eigenvalue weighted by molar-refractivity contribution is 4.84. The molecule has 0 amide bonds. The summed E-state index contributed by atoms with van der Waals surface area (Å²) < 4.78 is 5.67. The first-order valence-electron chi connectivity index (χ1n) is 6.81. The molecule has 2 rings (SSSR count). The lowest BCUT2D eigenvalue weighted by molar-refractivity contribution is 0.0790.